The fourth-order valence-corrected chi connectivity index (χ4v) is 4.52. The molecule has 2 aliphatic heterocycles. The van der Waals surface area contributed by atoms with E-state index in [1.54, 1.807) is 6.26 Å². The van der Waals surface area contributed by atoms with Gasteiger partial charge in [0.15, 0.2) is 0 Å². The SMILES string of the molecule is CC(C)CN(Cc1ccco1)Cc1ccc2n(c1=O)C[C@@H]1CNC[C@H]2C1.Cl.Cl. The van der Waals surface area contributed by atoms with Gasteiger partial charge in [0.2, 0.25) is 0 Å². The van der Waals surface area contributed by atoms with E-state index in [4.69, 9.17) is 4.42 Å². The van der Waals surface area contributed by atoms with Gasteiger partial charge < -0.3 is 14.3 Å². The number of halogens is 2. The Morgan fingerprint density at radius 2 is 2.04 bits per heavy atom. The largest absolute Gasteiger partial charge is 0.468 e. The Balaban J connectivity index is 0.00000140. The Morgan fingerprint density at radius 3 is 2.75 bits per heavy atom. The summed E-state index contributed by atoms with van der Waals surface area (Å²) in [5, 5.41) is 3.51. The number of hydrogen-bond acceptors (Lipinski definition) is 4. The quantitative estimate of drug-likeness (QED) is 0.763. The van der Waals surface area contributed by atoms with E-state index in [9.17, 15) is 4.79 Å². The van der Waals surface area contributed by atoms with E-state index in [1.165, 1.54) is 12.1 Å². The van der Waals surface area contributed by atoms with E-state index < -0.39 is 0 Å². The Bertz CT molecular complexity index is 804. The monoisotopic (exact) mass is 427 g/mol. The molecular weight excluding hydrogens is 397 g/mol. The molecule has 2 atom stereocenters. The number of nitrogens with zero attached hydrogens (tertiary/aromatic N) is 2. The second kappa shape index (κ2) is 9.97. The first-order valence-electron chi connectivity index (χ1n) is 9.78. The summed E-state index contributed by atoms with van der Waals surface area (Å²) >= 11 is 0. The number of nitrogens with one attached hydrogen (secondary N) is 1. The molecule has 0 spiro atoms. The van der Waals surface area contributed by atoms with Gasteiger partial charge in [-0.25, -0.2) is 0 Å². The number of rotatable bonds is 6. The van der Waals surface area contributed by atoms with E-state index in [1.807, 2.05) is 12.1 Å². The van der Waals surface area contributed by atoms with Crippen LogP contribution in [0.2, 0.25) is 0 Å². The highest BCUT2D eigenvalue weighted by Gasteiger charge is 2.31. The lowest BCUT2D eigenvalue weighted by Gasteiger charge is -2.37. The highest BCUT2D eigenvalue weighted by molar-refractivity contribution is 5.85. The van der Waals surface area contributed by atoms with Crippen LogP contribution in [0, 0.1) is 11.8 Å². The average Bonchev–Trinajstić information content (AvgIpc) is 3.10. The van der Waals surface area contributed by atoms with Crippen LogP contribution in [0.1, 0.15) is 43.2 Å². The Morgan fingerprint density at radius 1 is 1.21 bits per heavy atom. The van der Waals surface area contributed by atoms with E-state index >= 15 is 0 Å². The lowest BCUT2D eigenvalue weighted by molar-refractivity contribution is 0.207. The molecule has 1 N–H and O–H groups in total. The zero-order chi connectivity index (χ0) is 18.1. The number of fused-ring (bicyclic) bond motifs is 4. The van der Waals surface area contributed by atoms with Crippen LogP contribution in [0.5, 0.6) is 0 Å². The van der Waals surface area contributed by atoms with Crippen LogP contribution in [0.15, 0.2) is 39.7 Å². The Hall–Kier alpha value is -1.27. The molecule has 0 aliphatic carbocycles. The maximum Gasteiger partial charge on any atom is 0.255 e. The maximum atomic E-state index is 13.2. The molecular formula is C21H31Cl2N3O2. The van der Waals surface area contributed by atoms with E-state index in [-0.39, 0.29) is 30.4 Å². The lowest BCUT2D eigenvalue weighted by Crippen LogP contribution is -2.45. The standard InChI is InChI=1S/C21H29N3O2.2ClH/c1-15(2)11-23(14-19-4-3-7-26-19)13-17-5-6-20-18-8-16(9-22-10-18)12-24(20)21(17)25;;/h3-7,15-16,18,22H,8-14H2,1-2H3;2*1H/t16-,18+;;/m0../s1. The van der Waals surface area contributed by atoms with Crippen LogP contribution in [-0.2, 0) is 19.6 Å². The molecule has 2 aromatic heterocycles. The number of furan rings is 1. The molecule has 2 aliphatic rings. The zero-order valence-corrected chi connectivity index (χ0v) is 18.2. The minimum absolute atomic E-state index is 0. The average molecular weight is 428 g/mol. The summed E-state index contributed by atoms with van der Waals surface area (Å²) in [7, 11) is 0. The van der Waals surface area contributed by atoms with Crippen molar-refractivity contribution in [2.24, 2.45) is 11.8 Å². The van der Waals surface area contributed by atoms with Gasteiger partial charge >= 0.3 is 0 Å². The van der Waals surface area contributed by atoms with E-state index in [0.29, 0.717) is 24.3 Å². The minimum Gasteiger partial charge on any atom is -0.468 e. The molecule has 5 nitrogen and oxygen atoms in total. The normalized spacial score (nSPS) is 20.4. The summed E-state index contributed by atoms with van der Waals surface area (Å²) < 4.78 is 7.57. The van der Waals surface area contributed by atoms with Gasteiger partial charge in [-0.1, -0.05) is 19.9 Å². The van der Waals surface area contributed by atoms with E-state index in [0.717, 1.165) is 44.0 Å². The minimum atomic E-state index is 0. The van der Waals surface area contributed by atoms with Crippen molar-refractivity contribution < 1.29 is 4.42 Å². The van der Waals surface area contributed by atoms with Crippen LogP contribution in [0.25, 0.3) is 0 Å². The van der Waals surface area contributed by atoms with Crippen molar-refractivity contribution in [1.29, 1.82) is 0 Å². The van der Waals surface area contributed by atoms with Crippen molar-refractivity contribution in [2.45, 2.75) is 45.8 Å². The molecule has 7 heteroatoms. The summed E-state index contributed by atoms with van der Waals surface area (Å²) in [6.07, 6.45) is 2.92. The molecule has 2 aromatic rings. The van der Waals surface area contributed by atoms with Crippen molar-refractivity contribution in [2.75, 3.05) is 19.6 Å². The summed E-state index contributed by atoms with van der Waals surface area (Å²) in [6.45, 7) is 9.65. The molecule has 0 aromatic carbocycles. The van der Waals surface area contributed by atoms with Crippen molar-refractivity contribution in [3.05, 3.63) is 57.9 Å². The second-order valence-electron chi connectivity index (χ2n) is 8.30. The highest BCUT2D eigenvalue weighted by Crippen LogP contribution is 2.31. The van der Waals surface area contributed by atoms with Crippen LogP contribution < -0.4 is 10.9 Å². The predicted octanol–water partition coefficient (Wildman–Crippen LogP) is 3.65. The highest BCUT2D eigenvalue weighted by atomic mass is 35.5. The fraction of sp³-hybridized carbons (Fsp3) is 0.571. The summed E-state index contributed by atoms with van der Waals surface area (Å²) in [4.78, 5) is 15.5. The number of aromatic nitrogens is 1. The lowest BCUT2D eigenvalue weighted by atomic mass is 9.84. The molecule has 4 rings (SSSR count). The van der Waals surface area contributed by atoms with Gasteiger partial charge in [-0.3, -0.25) is 9.69 Å². The molecule has 0 radical (unpaired) electrons. The van der Waals surface area contributed by atoms with Crippen LogP contribution >= 0.6 is 24.8 Å². The molecule has 156 valence electrons. The molecule has 1 saturated heterocycles. The van der Waals surface area contributed by atoms with Crippen molar-refractivity contribution in [1.82, 2.24) is 14.8 Å². The Labute approximate surface area is 179 Å². The fourth-order valence-electron chi connectivity index (χ4n) is 4.52. The van der Waals surface area contributed by atoms with Crippen molar-refractivity contribution >= 4 is 24.8 Å². The smallest absolute Gasteiger partial charge is 0.255 e. The number of piperidine rings is 1. The first-order valence-corrected chi connectivity index (χ1v) is 9.78. The first kappa shape index (κ1) is 23.0. The third-order valence-corrected chi connectivity index (χ3v) is 5.56. The third-order valence-electron chi connectivity index (χ3n) is 5.56. The molecule has 2 bridgehead atoms. The van der Waals surface area contributed by atoms with E-state index in [2.05, 4.69) is 40.8 Å². The van der Waals surface area contributed by atoms with Crippen LogP contribution in [0.4, 0.5) is 0 Å². The van der Waals surface area contributed by atoms with Gasteiger partial charge in [-0.2, -0.15) is 0 Å². The van der Waals surface area contributed by atoms with Crippen LogP contribution in [0.3, 0.4) is 0 Å². The van der Waals surface area contributed by atoms with Crippen molar-refractivity contribution in [3.8, 4) is 0 Å². The molecule has 0 saturated carbocycles. The maximum absolute atomic E-state index is 13.2. The summed E-state index contributed by atoms with van der Waals surface area (Å²) in [5.41, 5.74) is 2.31. The summed E-state index contributed by atoms with van der Waals surface area (Å²) in [5.74, 6) is 2.56. The molecule has 0 amide bonds. The topological polar surface area (TPSA) is 50.4 Å². The van der Waals surface area contributed by atoms with Gasteiger partial charge in [-0.05, 0) is 43.0 Å². The van der Waals surface area contributed by atoms with Gasteiger partial charge in [0.05, 0.1) is 12.8 Å². The Kier molecular flexibility index (Phi) is 8.19. The third kappa shape index (κ3) is 5.01. The molecule has 1 fully saturated rings. The van der Waals surface area contributed by atoms with Gasteiger partial charge in [0.25, 0.3) is 5.56 Å². The predicted molar refractivity (Wildman–Crippen MR) is 117 cm³/mol. The molecule has 4 heterocycles. The number of pyridine rings is 1. The molecule has 0 unspecified atom stereocenters. The van der Waals surface area contributed by atoms with Gasteiger partial charge in [0.1, 0.15) is 5.76 Å². The van der Waals surface area contributed by atoms with Crippen molar-refractivity contribution in [3.63, 3.8) is 0 Å². The summed E-state index contributed by atoms with van der Waals surface area (Å²) in [6, 6.07) is 8.16. The first-order chi connectivity index (χ1) is 12.6. The van der Waals surface area contributed by atoms with Gasteiger partial charge in [0, 0.05) is 43.4 Å². The second-order valence-corrected chi connectivity index (χ2v) is 8.30. The number of hydrogen-bond donors (Lipinski definition) is 1. The molecule has 28 heavy (non-hydrogen) atoms. The zero-order valence-electron chi connectivity index (χ0n) is 16.6. The van der Waals surface area contributed by atoms with Gasteiger partial charge in [-0.15, -0.1) is 24.8 Å². The van der Waals surface area contributed by atoms with Crippen LogP contribution in [-0.4, -0.2) is 29.1 Å².